The fourth-order valence-corrected chi connectivity index (χ4v) is 2.24. The van der Waals surface area contributed by atoms with E-state index >= 15 is 0 Å². The average molecular weight is 226 g/mol. The van der Waals surface area contributed by atoms with E-state index in [1.807, 2.05) is 0 Å². The minimum absolute atomic E-state index is 0.740. The number of hydrogen-bond donors (Lipinski definition) is 1. The Kier molecular flexibility index (Phi) is 6.37. The van der Waals surface area contributed by atoms with Crippen molar-refractivity contribution >= 4 is 0 Å². The Morgan fingerprint density at radius 2 is 1.88 bits per heavy atom. The number of rotatable bonds is 9. The smallest absolute Gasteiger partial charge is 0.0218 e. The van der Waals surface area contributed by atoms with Gasteiger partial charge in [0, 0.05) is 19.1 Å². The summed E-state index contributed by atoms with van der Waals surface area (Å²) in [6.07, 6.45) is 4.20. The highest BCUT2D eigenvalue weighted by Crippen LogP contribution is 2.30. The van der Waals surface area contributed by atoms with Crippen molar-refractivity contribution in [3.63, 3.8) is 0 Å². The molecular weight excluding hydrogens is 196 g/mol. The fraction of sp³-hybridized carbons (Fsp3) is 1.00. The molecule has 1 fully saturated rings. The molecule has 2 heteroatoms. The molecule has 0 spiro atoms. The van der Waals surface area contributed by atoms with Gasteiger partial charge in [0.25, 0.3) is 0 Å². The van der Waals surface area contributed by atoms with E-state index in [0.717, 1.165) is 31.0 Å². The standard InChI is InChI=1S/C14H30N2/c1-5-14(10-15-9-12(3)4)16(6-2)11-13-7-8-13/h12-15H,5-11H2,1-4H3. The van der Waals surface area contributed by atoms with Crippen LogP contribution in [0.3, 0.4) is 0 Å². The number of nitrogens with zero attached hydrogens (tertiary/aromatic N) is 1. The summed E-state index contributed by atoms with van der Waals surface area (Å²) in [5.41, 5.74) is 0. The van der Waals surface area contributed by atoms with Crippen LogP contribution < -0.4 is 5.32 Å². The Morgan fingerprint density at radius 1 is 1.19 bits per heavy atom. The molecular formula is C14H30N2. The van der Waals surface area contributed by atoms with Gasteiger partial charge >= 0.3 is 0 Å². The van der Waals surface area contributed by atoms with Crippen LogP contribution in [-0.2, 0) is 0 Å². The largest absolute Gasteiger partial charge is 0.315 e. The van der Waals surface area contributed by atoms with Gasteiger partial charge in [-0.15, -0.1) is 0 Å². The normalized spacial score (nSPS) is 18.4. The molecule has 0 aromatic heterocycles. The molecule has 1 saturated carbocycles. The molecule has 0 aliphatic heterocycles. The first kappa shape index (κ1) is 14.0. The Balaban J connectivity index is 2.25. The zero-order valence-electron chi connectivity index (χ0n) is 11.6. The van der Waals surface area contributed by atoms with Gasteiger partial charge in [0.15, 0.2) is 0 Å². The summed E-state index contributed by atoms with van der Waals surface area (Å²) in [6, 6.07) is 0.740. The van der Waals surface area contributed by atoms with Gasteiger partial charge in [-0.3, -0.25) is 4.90 Å². The molecule has 0 heterocycles. The molecule has 0 radical (unpaired) electrons. The summed E-state index contributed by atoms with van der Waals surface area (Å²) in [5.74, 6) is 1.77. The topological polar surface area (TPSA) is 15.3 Å². The van der Waals surface area contributed by atoms with Crippen molar-refractivity contribution in [3.05, 3.63) is 0 Å². The van der Waals surface area contributed by atoms with Crippen molar-refractivity contribution in [1.82, 2.24) is 10.2 Å². The maximum atomic E-state index is 3.60. The van der Waals surface area contributed by atoms with Gasteiger partial charge in [0.2, 0.25) is 0 Å². The lowest BCUT2D eigenvalue weighted by molar-refractivity contribution is 0.187. The summed E-state index contributed by atoms with van der Waals surface area (Å²) in [6.45, 7) is 14.0. The predicted octanol–water partition coefficient (Wildman–Crippen LogP) is 2.74. The third-order valence-corrected chi connectivity index (χ3v) is 3.52. The molecule has 0 aromatic rings. The highest BCUT2D eigenvalue weighted by molar-refractivity contribution is 4.81. The Bertz CT molecular complexity index is 176. The first-order valence-corrected chi connectivity index (χ1v) is 7.12. The molecule has 1 aliphatic carbocycles. The van der Waals surface area contributed by atoms with Crippen LogP contribution in [0.5, 0.6) is 0 Å². The van der Waals surface area contributed by atoms with Gasteiger partial charge in [0.1, 0.15) is 0 Å². The fourth-order valence-electron chi connectivity index (χ4n) is 2.24. The zero-order valence-corrected chi connectivity index (χ0v) is 11.6. The summed E-state index contributed by atoms with van der Waals surface area (Å²) >= 11 is 0. The van der Waals surface area contributed by atoms with Crippen molar-refractivity contribution < 1.29 is 0 Å². The molecule has 1 N–H and O–H groups in total. The maximum absolute atomic E-state index is 3.60. The van der Waals surface area contributed by atoms with Gasteiger partial charge in [0.05, 0.1) is 0 Å². The van der Waals surface area contributed by atoms with E-state index in [1.54, 1.807) is 0 Å². The number of nitrogens with one attached hydrogen (secondary N) is 1. The molecule has 0 aromatic carbocycles. The Hall–Kier alpha value is -0.0800. The Labute approximate surface area is 102 Å². The van der Waals surface area contributed by atoms with Gasteiger partial charge in [-0.05, 0) is 44.2 Å². The van der Waals surface area contributed by atoms with E-state index in [9.17, 15) is 0 Å². The quantitative estimate of drug-likeness (QED) is 0.650. The van der Waals surface area contributed by atoms with E-state index in [-0.39, 0.29) is 0 Å². The van der Waals surface area contributed by atoms with E-state index in [1.165, 1.54) is 32.4 Å². The highest BCUT2D eigenvalue weighted by Gasteiger charge is 2.26. The second-order valence-electron chi connectivity index (χ2n) is 5.65. The summed E-state index contributed by atoms with van der Waals surface area (Å²) in [5, 5.41) is 3.60. The van der Waals surface area contributed by atoms with Gasteiger partial charge in [-0.2, -0.15) is 0 Å². The third kappa shape index (κ3) is 5.31. The second-order valence-corrected chi connectivity index (χ2v) is 5.65. The molecule has 2 nitrogen and oxygen atoms in total. The minimum Gasteiger partial charge on any atom is -0.315 e. The van der Waals surface area contributed by atoms with E-state index in [2.05, 4.69) is 37.9 Å². The van der Waals surface area contributed by atoms with Crippen LogP contribution >= 0.6 is 0 Å². The lowest BCUT2D eigenvalue weighted by Crippen LogP contribution is -2.43. The number of hydrogen-bond acceptors (Lipinski definition) is 2. The lowest BCUT2D eigenvalue weighted by atomic mass is 10.1. The molecule has 1 rings (SSSR count). The van der Waals surface area contributed by atoms with Crippen LogP contribution in [0.2, 0.25) is 0 Å². The first-order chi connectivity index (χ1) is 7.67. The molecule has 0 saturated heterocycles. The third-order valence-electron chi connectivity index (χ3n) is 3.52. The molecule has 16 heavy (non-hydrogen) atoms. The van der Waals surface area contributed by atoms with Crippen LogP contribution in [0.1, 0.15) is 47.0 Å². The van der Waals surface area contributed by atoms with Crippen LogP contribution in [0, 0.1) is 11.8 Å². The summed E-state index contributed by atoms with van der Waals surface area (Å²) in [4.78, 5) is 2.67. The monoisotopic (exact) mass is 226 g/mol. The molecule has 1 aliphatic rings. The molecule has 1 unspecified atom stereocenters. The number of likely N-dealkylation sites (N-methyl/N-ethyl adjacent to an activating group) is 1. The van der Waals surface area contributed by atoms with E-state index < -0.39 is 0 Å². The highest BCUT2D eigenvalue weighted by atomic mass is 15.2. The van der Waals surface area contributed by atoms with Gasteiger partial charge in [-0.25, -0.2) is 0 Å². The van der Waals surface area contributed by atoms with Crippen molar-refractivity contribution in [2.45, 2.75) is 53.0 Å². The molecule has 0 amide bonds. The zero-order chi connectivity index (χ0) is 12.0. The second kappa shape index (κ2) is 7.29. The molecule has 96 valence electrons. The van der Waals surface area contributed by atoms with Crippen LogP contribution in [0.4, 0.5) is 0 Å². The summed E-state index contributed by atoms with van der Waals surface area (Å²) < 4.78 is 0. The van der Waals surface area contributed by atoms with Crippen molar-refractivity contribution in [2.24, 2.45) is 11.8 Å². The van der Waals surface area contributed by atoms with E-state index in [4.69, 9.17) is 0 Å². The van der Waals surface area contributed by atoms with Gasteiger partial charge in [-0.1, -0.05) is 27.7 Å². The molecule has 1 atom stereocenters. The van der Waals surface area contributed by atoms with Crippen LogP contribution in [-0.4, -0.2) is 37.1 Å². The predicted molar refractivity (Wildman–Crippen MR) is 71.8 cm³/mol. The SMILES string of the molecule is CCC(CNCC(C)C)N(CC)CC1CC1. The van der Waals surface area contributed by atoms with E-state index in [0.29, 0.717) is 0 Å². The average Bonchev–Trinajstić information content (AvgIpc) is 3.05. The maximum Gasteiger partial charge on any atom is 0.0218 e. The Morgan fingerprint density at radius 3 is 2.31 bits per heavy atom. The van der Waals surface area contributed by atoms with Crippen molar-refractivity contribution in [1.29, 1.82) is 0 Å². The lowest BCUT2D eigenvalue weighted by Gasteiger charge is -2.30. The van der Waals surface area contributed by atoms with Crippen molar-refractivity contribution in [2.75, 3.05) is 26.2 Å². The summed E-state index contributed by atoms with van der Waals surface area (Å²) in [7, 11) is 0. The minimum atomic E-state index is 0.740. The molecule has 0 bridgehead atoms. The van der Waals surface area contributed by atoms with Crippen LogP contribution in [0.25, 0.3) is 0 Å². The first-order valence-electron chi connectivity index (χ1n) is 7.12. The van der Waals surface area contributed by atoms with Gasteiger partial charge < -0.3 is 5.32 Å². The van der Waals surface area contributed by atoms with Crippen molar-refractivity contribution in [3.8, 4) is 0 Å². The van der Waals surface area contributed by atoms with Crippen LogP contribution in [0.15, 0.2) is 0 Å².